The number of hydrogen-bond donors (Lipinski definition) is 1. The fourth-order valence-corrected chi connectivity index (χ4v) is 4.41. The monoisotopic (exact) mass is 417 g/mol. The lowest BCUT2D eigenvalue weighted by atomic mass is 10.2. The second kappa shape index (κ2) is 8.52. The minimum atomic E-state index is -3.24. The molecule has 1 N–H and O–H groups in total. The number of nitrogens with zero attached hydrogens (tertiary/aromatic N) is 2. The van der Waals surface area contributed by atoms with E-state index in [0.29, 0.717) is 35.7 Å². The number of hydrogen-bond acceptors (Lipinski definition) is 5. The van der Waals surface area contributed by atoms with Gasteiger partial charge in [0, 0.05) is 31.9 Å². The van der Waals surface area contributed by atoms with Crippen molar-refractivity contribution in [1.82, 2.24) is 4.90 Å². The van der Waals surface area contributed by atoms with Crippen LogP contribution in [0.15, 0.2) is 48.5 Å². The highest BCUT2D eigenvalue weighted by molar-refractivity contribution is 7.93. The van der Waals surface area contributed by atoms with Gasteiger partial charge in [-0.1, -0.05) is 6.07 Å². The van der Waals surface area contributed by atoms with E-state index in [1.165, 1.54) is 9.21 Å². The SMILES string of the molecule is CN(C)C(=O)COc1cccc(C(=O)Nc2ccc(N3CCCS3(=O)=O)cc2)c1. The first-order chi connectivity index (χ1) is 13.8. The molecule has 1 heterocycles. The zero-order chi connectivity index (χ0) is 21.0. The van der Waals surface area contributed by atoms with E-state index in [2.05, 4.69) is 5.32 Å². The lowest BCUT2D eigenvalue weighted by Gasteiger charge is -2.17. The number of benzene rings is 2. The molecule has 3 rings (SSSR count). The fraction of sp³-hybridized carbons (Fsp3) is 0.300. The van der Waals surface area contributed by atoms with Crippen LogP contribution in [0.25, 0.3) is 0 Å². The molecule has 2 aromatic rings. The van der Waals surface area contributed by atoms with Crippen molar-refractivity contribution >= 4 is 33.2 Å². The van der Waals surface area contributed by atoms with Crippen molar-refractivity contribution in [3.05, 3.63) is 54.1 Å². The summed E-state index contributed by atoms with van der Waals surface area (Å²) in [4.78, 5) is 25.6. The molecule has 1 saturated heterocycles. The summed E-state index contributed by atoms with van der Waals surface area (Å²) in [6, 6.07) is 13.2. The summed E-state index contributed by atoms with van der Waals surface area (Å²) in [5.74, 6) is 0.0580. The standard InChI is InChI=1S/C20H23N3O5S/c1-22(2)19(24)14-28-18-6-3-5-15(13-18)20(25)21-16-7-9-17(10-8-16)23-11-4-12-29(23,26)27/h3,5-10,13H,4,11-12,14H2,1-2H3,(H,21,25). The molecule has 2 aromatic carbocycles. The van der Waals surface area contributed by atoms with E-state index < -0.39 is 10.0 Å². The average molecular weight is 417 g/mol. The first-order valence-corrected chi connectivity index (χ1v) is 10.7. The minimum Gasteiger partial charge on any atom is -0.484 e. The second-order valence-corrected chi connectivity index (χ2v) is 8.86. The van der Waals surface area contributed by atoms with Gasteiger partial charge in [-0.05, 0) is 48.9 Å². The molecule has 0 aromatic heterocycles. The van der Waals surface area contributed by atoms with Crippen LogP contribution in [0.3, 0.4) is 0 Å². The normalized spacial score (nSPS) is 15.0. The molecular weight excluding hydrogens is 394 g/mol. The number of sulfonamides is 1. The van der Waals surface area contributed by atoms with Gasteiger partial charge in [0.2, 0.25) is 10.0 Å². The summed E-state index contributed by atoms with van der Waals surface area (Å²) < 4.78 is 30.8. The van der Waals surface area contributed by atoms with Gasteiger partial charge < -0.3 is 15.0 Å². The van der Waals surface area contributed by atoms with Crippen LogP contribution in [0.2, 0.25) is 0 Å². The number of carbonyl (C=O) groups is 2. The summed E-state index contributed by atoms with van der Waals surface area (Å²) >= 11 is 0. The Morgan fingerprint density at radius 1 is 1.14 bits per heavy atom. The predicted octanol–water partition coefficient (Wildman–Crippen LogP) is 1.95. The fourth-order valence-electron chi connectivity index (χ4n) is 2.85. The topological polar surface area (TPSA) is 96.0 Å². The molecule has 1 aliphatic heterocycles. The first-order valence-electron chi connectivity index (χ1n) is 9.11. The van der Waals surface area contributed by atoms with Crippen LogP contribution in [0.5, 0.6) is 5.75 Å². The Morgan fingerprint density at radius 2 is 1.86 bits per heavy atom. The molecule has 8 nitrogen and oxygen atoms in total. The van der Waals surface area contributed by atoms with Crippen LogP contribution < -0.4 is 14.4 Å². The Hall–Kier alpha value is -3.07. The lowest BCUT2D eigenvalue weighted by molar-refractivity contribution is -0.130. The molecule has 1 fully saturated rings. The molecular formula is C20H23N3O5S. The largest absolute Gasteiger partial charge is 0.484 e. The third-order valence-corrected chi connectivity index (χ3v) is 6.34. The molecule has 0 bridgehead atoms. The maximum absolute atomic E-state index is 12.5. The zero-order valence-electron chi connectivity index (χ0n) is 16.3. The molecule has 154 valence electrons. The Morgan fingerprint density at radius 3 is 2.48 bits per heavy atom. The molecule has 0 spiro atoms. The highest BCUT2D eigenvalue weighted by Crippen LogP contribution is 2.25. The highest BCUT2D eigenvalue weighted by atomic mass is 32.2. The number of likely N-dealkylation sites (N-methyl/N-ethyl adjacent to an activating group) is 1. The summed E-state index contributed by atoms with van der Waals surface area (Å²) in [6.45, 7) is 0.357. The molecule has 0 unspecified atom stereocenters. The lowest BCUT2D eigenvalue weighted by Crippen LogP contribution is -2.27. The van der Waals surface area contributed by atoms with Crippen LogP contribution >= 0.6 is 0 Å². The molecule has 0 saturated carbocycles. The molecule has 0 atom stereocenters. The van der Waals surface area contributed by atoms with E-state index in [1.54, 1.807) is 62.6 Å². The molecule has 0 radical (unpaired) electrons. The van der Waals surface area contributed by atoms with Gasteiger partial charge in [-0.25, -0.2) is 8.42 Å². The van der Waals surface area contributed by atoms with Crippen LogP contribution in [0.1, 0.15) is 16.8 Å². The van der Waals surface area contributed by atoms with E-state index in [-0.39, 0.29) is 24.2 Å². The van der Waals surface area contributed by atoms with Crippen LogP contribution in [-0.2, 0) is 14.8 Å². The van der Waals surface area contributed by atoms with Crippen molar-refractivity contribution in [2.24, 2.45) is 0 Å². The van der Waals surface area contributed by atoms with Gasteiger partial charge in [0.15, 0.2) is 6.61 Å². The van der Waals surface area contributed by atoms with Crippen LogP contribution in [0.4, 0.5) is 11.4 Å². The number of ether oxygens (including phenoxy) is 1. The minimum absolute atomic E-state index is 0.112. The van der Waals surface area contributed by atoms with Gasteiger partial charge in [0.1, 0.15) is 5.75 Å². The zero-order valence-corrected chi connectivity index (χ0v) is 17.1. The van der Waals surface area contributed by atoms with Gasteiger partial charge in [-0.2, -0.15) is 0 Å². The van der Waals surface area contributed by atoms with Gasteiger partial charge in [0.25, 0.3) is 11.8 Å². The number of amides is 2. The molecule has 2 amide bonds. The summed E-state index contributed by atoms with van der Waals surface area (Å²) in [5, 5.41) is 2.77. The maximum Gasteiger partial charge on any atom is 0.259 e. The molecule has 1 aliphatic rings. The van der Waals surface area contributed by atoms with Crippen LogP contribution in [0, 0.1) is 0 Å². The van der Waals surface area contributed by atoms with Crippen molar-refractivity contribution in [3.63, 3.8) is 0 Å². The molecule has 9 heteroatoms. The highest BCUT2D eigenvalue weighted by Gasteiger charge is 2.28. The van der Waals surface area contributed by atoms with E-state index in [4.69, 9.17) is 4.74 Å². The van der Waals surface area contributed by atoms with E-state index >= 15 is 0 Å². The van der Waals surface area contributed by atoms with Gasteiger partial charge in [-0.3, -0.25) is 13.9 Å². The van der Waals surface area contributed by atoms with Crippen molar-refractivity contribution < 1.29 is 22.7 Å². The van der Waals surface area contributed by atoms with Crippen molar-refractivity contribution in [2.75, 3.05) is 42.6 Å². The summed E-state index contributed by atoms with van der Waals surface area (Å²) in [5.41, 5.74) is 1.51. The quantitative estimate of drug-likeness (QED) is 0.775. The third-order valence-electron chi connectivity index (χ3n) is 4.47. The predicted molar refractivity (Wildman–Crippen MR) is 111 cm³/mol. The number of nitrogens with one attached hydrogen (secondary N) is 1. The second-order valence-electron chi connectivity index (χ2n) is 6.85. The Kier molecular flexibility index (Phi) is 6.07. The molecule has 29 heavy (non-hydrogen) atoms. The van der Waals surface area contributed by atoms with Crippen LogP contribution in [-0.4, -0.2) is 58.1 Å². The smallest absolute Gasteiger partial charge is 0.259 e. The van der Waals surface area contributed by atoms with Gasteiger partial charge in [-0.15, -0.1) is 0 Å². The van der Waals surface area contributed by atoms with Gasteiger partial charge >= 0.3 is 0 Å². The number of carbonyl (C=O) groups excluding carboxylic acids is 2. The Bertz CT molecular complexity index is 1000. The van der Waals surface area contributed by atoms with Crippen molar-refractivity contribution in [2.45, 2.75) is 6.42 Å². The third kappa shape index (κ3) is 5.05. The van der Waals surface area contributed by atoms with Gasteiger partial charge in [0.05, 0.1) is 11.4 Å². The Balaban J connectivity index is 1.64. The maximum atomic E-state index is 12.5. The van der Waals surface area contributed by atoms with Crippen molar-refractivity contribution in [1.29, 1.82) is 0 Å². The molecule has 0 aliphatic carbocycles. The Labute approximate surface area is 170 Å². The van der Waals surface area contributed by atoms with E-state index in [1.807, 2.05) is 0 Å². The summed E-state index contributed by atoms with van der Waals surface area (Å²) in [7, 11) is 0.0419. The number of anilines is 2. The van der Waals surface area contributed by atoms with E-state index in [0.717, 1.165) is 0 Å². The van der Waals surface area contributed by atoms with E-state index in [9.17, 15) is 18.0 Å². The number of rotatable bonds is 6. The summed E-state index contributed by atoms with van der Waals surface area (Å²) in [6.07, 6.45) is 0.610. The van der Waals surface area contributed by atoms with Crippen molar-refractivity contribution in [3.8, 4) is 5.75 Å². The average Bonchev–Trinajstić information content (AvgIpc) is 3.05. The first kappa shape index (κ1) is 20.7.